The van der Waals surface area contributed by atoms with Crippen LogP contribution < -0.4 is 0 Å². The molecular formula is C13H13BrINO4. The fraction of sp³-hybridized carbons (Fsp3) is 0.385. The summed E-state index contributed by atoms with van der Waals surface area (Å²) in [5.74, 6) is -0.775. The summed E-state index contributed by atoms with van der Waals surface area (Å²) in [4.78, 5) is 25.7. The molecule has 1 aromatic carbocycles. The zero-order valence-corrected chi connectivity index (χ0v) is 14.4. The summed E-state index contributed by atoms with van der Waals surface area (Å²) in [5.41, 5.74) is 0.503. The van der Waals surface area contributed by atoms with Gasteiger partial charge in [0.25, 0.3) is 5.91 Å². The standard InChI is InChI=1S/C13H13BrINO4/c1-20-13(19)11-5-8(17)6-16(11)12(18)9-4-7(14)2-3-10(9)15/h2-4,8,11,17H,5-6H2,1H3. The van der Waals surface area contributed by atoms with E-state index in [1.807, 2.05) is 12.1 Å². The summed E-state index contributed by atoms with van der Waals surface area (Å²) in [6, 6.07) is 4.65. The van der Waals surface area contributed by atoms with Gasteiger partial charge in [0.2, 0.25) is 0 Å². The van der Waals surface area contributed by atoms with Gasteiger partial charge >= 0.3 is 5.97 Å². The van der Waals surface area contributed by atoms with Gasteiger partial charge in [-0.2, -0.15) is 0 Å². The second-order valence-corrected chi connectivity index (χ2v) is 6.59. The first-order valence-electron chi connectivity index (χ1n) is 5.96. The molecule has 1 N–H and O–H groups in total. The zero-order valence-electron chi connectivity index (χ0n) is 10.7. The molecule has 1 aromatic rings. The second-order valence-electron chi connectivity index (χ2n) is 4.51. The Hall–Kier alpha value is -0.670. The number of likely N-dealkylation sites (tertiary alicyclic amines) is 1. The number of nitrogens with zero attached hydrogens (tertiary/aromatic N) is 1. The van der Waals surface area contributed by atoms with Gasteiger partial charge in [0.15, 0.2) is 0 Å². The molecule has 5 nitrogen and oxygen atoms in total. The van der Waals surface area contributed by atoms with Crippen molar-refractivity contribution in [3.8, 4) is 0 Å². The lowest BCUT2D eigenvalue weighted by Crippen LogP contribution is -2.41. The normalized spacial score (nSPS) is 21.9. The fourth-order valence-corrected chi connectivity index (χ4v) is 3.14. The monoisotopic (exact) mass is 453 g/mol. The molecule has 0 radical (unpaired) electrons. The van der Waals surface area contributed by atoms with Gasteiger partial charge in [-0.15, -0.1) is 0 Å². The molecule has 7 heteroatoms. The highest BCUT2D eigenvalue weighted by molar-refractivity contribution is 14.1. The largest absolute Gasteiger partial charge is 0.467 e. The molecule has 1 heterocycles. The Kier molecular flexibility index (Phi) is 5.03. The minimum absolute atomic E-state index is 0.140. The molecule has 0 aliphatic carbocycles. The number of amides is 1. The van der Waals surface area contributed by atoms with Gasteiger partial charge in [-0.25, -0.2) is 4.79 Å². The van der Waals surface area contributed by atoms with Crippen LogP contribution in [0.4, 0.5) is 0 Å². The van der Waals surface area contributed by atoms with Gasteiger partial charge in [-0.05, 0) is 40.8 Å². The van der Waals surface area contributed by atoms with E-state index in [0.29, 0.717) is 5.56 Å². The number of hydrogen-bond acceptors (Lipinski definition) is 4. The van der Waals surface area contributed by atoms with Gasteiger partial charge in [0.1, 0.15) is 6.04 Å². The highest BCUT2D eigenvalue weighted by Gasteiger charge is 2.40. The summed E-state index contributed by atoms with van der Waals surface area (Å²) in [7, 11) is 1.28. The van der Waals surface area contributed by atoms with Gasteiger partial charge in [-0.3, -0.25) is 4.79 Å². The van der Waals surface area contributed by atoms with Crippen molar-refractivity contribution in [2.45, 2.75) is 18.6 Å². The van der Waals surface area contributed by atoms with E-state index in [2.05, 4.69) is 38.5 Å². The predicted octanol–water partition coefficient (Wildman–Crippen LogP) is 1.80. The number of benzene rings is 1. The highest BCUT2D eigenvalue weighted by atomic mass is 127. The van der Waals surface area contributed by atoms with Crippen LogP contribution in [0.2, 0.25) is 0 Å². The quantitative estimate of drug-likeness (QED) is 0.547. The third-order valence-electron chi connectivity index (χ3n) is 3.17. The number of aliphatic hydroxyl groups excluding tert-OH is 1. The number of ether oxygens (including phenoxy) is 1. The molecule has 0 saturated carbocycles. The Morgan fingerprint density at radius 1 is 1.50 bits per heavy atom. The molecule has 1 aliphatic rings. The van der Waals surface area contributed by atoms with E-state index >= 15 is 0 Å². The zero-order chi connectivity index (χ0) is 14.9. The van der Waals surface area contributed by atoms with E-state index in [4.69, 9.17) is 4.74 Å². The molecule has 1 aliphatic heterocycles. The van der Waals surface area contributed by atoms with Crippen molar-refractivity contribution in [1.82, 2.24) is 4.90 Å². The van der Waals surface area contributed by atoms with Gasteiger partial charge in [0.05, 0.1) is 18.8 Å². The molecule has 2 atom stereocenters. The minimum Gasteiger partial charge on any atom is -0.467 e. The lowest BCUT2D eigenvalue weighted by molar-refractivity contribution is -0.145. The van der Waals surface area contributed by atoms with Crippen molar-refractivity contribution in [2.75, 3.05) is 13.7 Å². The third-order valence-corrected chi connectivity index (χ3v) is 4.61. The maximum atomic E-state index is 12.6. The number of β-amino-alcohol motifs (C(OH)–C–C–N with tert-alkyl or cyclic N) is 1. The van der Waals surface area contributed by atoms with Crippen LogP contribution in [-0.4, -0.2) is 47.7 Å². The SMILES string of the molecule is COC(=O)C1CC(O)CN1C(=O)c1cc(Br)ccc1I. The maximum absolute atomic E-state index is 12.6. The van der Waals surface area contributed by atoms with E-state index in [1.165, 1.54) is 12.0 Å². The first-order chi connectivity index (χ1) is 9.43. The molecule has 0 aromatic heterocycles. The van der Waals surface area contributed by atoms with Crippen molar-refractivity contribution in [3.63, 3.8) is 0 Å². The Bertz CT molecular complexity index is 551. The maximum Gasteiger partial charge on any atom is 0.328 e. The number of rotatable bonds is 2. The first-order valence-corrected chi connectivity index (χ1v) is 7.83. The number of halogens is 2. The van der Waals surface area contributed by atoms with Crippen molar-refractivity contribution < 1.29 is 19.4 Å². The number of carbonyl (C=O) groups excluding carboxylic acids is 2. The lowest BCUT2D eigenvalue weighted by atomic mass is 10.1. The van der Waals surface area contributed by atoms with Crippen molar-refractivity contribution in [2.24, 2.45) is 0 Å². The number of carbonyl (C=O) groups is 2. The van der Waals surface area contributed by atoms with E-state index in [-0.39, 0.29) is 18.9 Å². The van der Waals surface area contributed by atoms with E-state index < -0.39 is 18.1 Å². The molecule has 1 fully saturated rings. The van der Waals surface area contributed by atoms with Crippen LogP contribution >= 0.6 is 38.5 Å². The smallest absolute Gasteiger partial charge is 0.328 e. The molecule has 1 saturated heterocycles. The van der Waals surface area contributed by atoms with Crippen LogP contribution in [0.5, 0.6) is 0 Å². The topological polar surface area (TPSA) is 66.8 Å². The molecule has 1 amide bonds. The summed E-state index contributed by atoms with van der Waals surface area (Å²) >= 11 is 5.40. The molecule has 2 rings (SSSR count). The van der Waals surface area contributed by atoms with Crippen LogP contribution in [-0.2, 0) is 9.53 Å². The lowest BCUT2D eigenvalue weighted by Gasteiger charge is -2.23. The van der Waals surface area contributed by atoms with Gasteiger partial charge in [-0.1, -0.05) is 15.9 Å². The predicted molar refractivity (Wildman–Crippen MR) is 84.3 cm³/mol. The number of esters is 1. The third kappa shape index (κ3) is 3.15. The number of methoxy groups -OCH3 is 1. The Balaban J connectivity index is 2.31. The Labute approximate surface area is 138 Å². The van der Waals surface area contributed by atoms with E-state index in [0.717, 1.165) is 8.04 Å². The Morgan fingerprint density at radius 3 is 2.85 bits per heavy atom. The van der Waals surface area contributed by atoms with Gasteiger partial charge < -0.3 is 14.7 Å². The minimum atomic E-state index is -0.725. The molecule has 108 valence electrons. The summed E-state index contributed by atoms with van der Waals surface area (Å²) < 4.78 is 6.28. The van der Waals surface area contributed by atoms with Crippen LogP contribution in [0.1, 0.15) is 16.8 Å². The molecule has 0 bridgehead atoms. The van der Waals surface area contributed by atoms with Gasteiger partial charge in [0, 0.05) is 21.0 Å². The summed E-state index contributed by atoms with van der Waals surface area (Å²) in [6.45, 7) is 0.140. The fourth-order valence-electron chi connectivity index (χ4n) is 2.21. The summed E-state index contributed by atoms with van der Waals surface area (Å²) in [5, 5.41) is 9.72. The second kappa shape index (κ2) is 6.40. The number of aliphatic hydroxyl groups is 1. The average molecular weight is 454 g/mol. The number of hydrogen-bond donors (Lipinski definition) is 1. The molecule has 20 heavy (non-hydrogen) atoms. The highest BCUT2D eigenvalue weighted by Crippen LogP contribution is 2.25. The van der Waals surface area contributed by atoms with Crippen molar-refractivity contribution in [1.29, 1.82) is 0 Å². The van der Waals surface area contributed by atoms with Crippen molar-refractivity contribution >= 4 is 50.4 Å². The molecular weight excluding hydrogens is 441 g/mol. The summed E-state index contributed by atoms with van der Waals surface area (Å²) in [6.07, 6.45) is -0.490. The molecule has 0 spiro atoms. The van der Waals surface area contributed by atoms with Crippen LogP contribution in [0.25, 0.3) is 0 Å². The van der Waals surface area contributed by atoms with Crippen LogP contribution in [0.3, 0.4) is 0 Å². The van der Waals surface area contributed by atoms with Crippen LogP contribution in [0, 0.1) is 3.57 Å². The molecule has 2 unspecified atom stereocenters. The first kappa shape index (κ1) is 15.7. The van der Waals surface area contributed by atoms with Crippen molar-refractivity contribution in [3.05, 3.63) is 31.8 Å². The van der Waals surface area contributed by atoms with Crippen LogP contribution in [0.15, 0.2) is 22.7 Å². The average Bonchev–Trinajstić information content (AvgIpc) is 2.82. The van der Waals surface area contributed by atoms with E-state index in [1.54, 1.807) is 6.07 Å². The van der Waals surface area contributed by atoms with E-state index in [9.17, 15) is 14.7 Å². The Morgan fingerprint density at radius 2 is 2.20 bits per heavy atom.